The van der Waals surface area contributed by atoms with E-state index >= 15 is 0 Å². The van der Waals surface area contributed by atoms with Gasteiger partial charge >= 0.3 is 6.09 Å². The maximum atomic E-state index is 13.5. The van der Waals surface area contributed by atoms with Crippen molar-refractivity contribution in [3.8, 4) is 5.75 Å². The van der Waals surface area contributed by atoms with Crippen LogP contribution in [0.25, 0.3) is 10.8 Å². The van der Waals surface area contributed by atoms with Crippen molar-refractivity contribution in [1.29, 1.82) is 0 Å². The Hall–Kier alpha value is -4.11. The zero-order valence-corrected chi connectivity index (χ0v) is 20.4. The zero-order valence-electron chi connectivity index (χ0n) is 20.4. The molecule has 3 aromatic carbocycles. The molecule has 3 aromatic rings. The summed E-state index contributed by atoms with van der Waals surface area (Å²) in [5, 5.41) is 13.6. The summed E-state index contributed by atoms with van der Waals surface area (Å²) in [5.74, 6) is -0.601. The Kier molecular flexibility index (Phi) is 7.12. The lowest BCUT2D eigenvalue weighted by Crippen LogP contribution is -2.52. The van der Waals surface area contributed by atoms with Gasteiger partial charge in [-0.05, 0) is 55.5 Å². The molecule has 1 aliphatic rings. The lowest BCUT2D eigenvalue weighted by Gasteiger charge is -2.37. The van der Waals surface area contributed by atoms with Gasteiger partial charge in [-0.25, -0.2) is 10.3 Å². The molecule has 9 heteroatoms. The second kappa shape index (κ2) is 10.2. The van der Waals surface area contributed by atoms with Gasteiger partial charge < -0.3 is 14.8 Å². The molecule has 9 nitrogen and oxygen atoms in total. The highest BCUT2D eigenvalue weighted by Gasteiger charge is 2.37. The van der Waals surface area contributed by atoms with Gasteiger partial charge in [0.25, 0.3) is 5.91 Å². The molecule has 3 amide bonds. The molecular weight excluding hydrogens is 462 g/mol. The topological polar surface area (TPSA) is 117 Å². The number of ether oxygens (including phenoxy) is 2. The van der Waals surface area contributed by atoms with Gasteiger partial charge in [0.1, 0.15) is 17.4 Å². The third kappa shape index (κ3) is 5.75. The number of carbonyl (C=O) groups is 3. The summed E-state index contributed by atoms with van der Waals surface area (Å²) in [6.45, 7) is 5.08. The molecule has 0 fully saturated rings. The summed E-state index contributed by atoms with van der Waals surface area (Å²) in [6, 6.07) is 17.9. The first-order chi connectivity index (χ1) is 17.1. The molecule has 1 aliphatic heterocycles. The number of nitrogens with one attached hydrogen (secondary N) is 2. The predicted molar refractivity (Wildman–Crippen MR) is 134 cm³/mol. The minimum Gasteiger partial charge on any atom is -0.484 e. The summed E-state index contributed by atoms with van der Waals surface area (Å²) in [5.41, 5.74) is 3.10. The van der Waals surface area contributed by atoms with Crippen molar-refractivity contribution in [3.05, 3.63) is 71.8 Å². The molecule has 1 heterocycles. The summed E-state index contributed by atoms with van der Waals surface area (Å²) >= 11 is 0. The molecule has 188 valence electrons. The predicted octanol–water partition coefficient (Wildman–Crippen LogP) is 4.02. The van der Waals surface area contributed by atoms with E-state index in [2.05, 4.69) is 5.32 Å². The van der Waals surface area contributed by atoms with Crippen molar-refractivity contribution >= 4 is 34.4 Å². The fourth-order valence-corrected chi connectivity index (χ4v) is 4.13. The van der Waals surface area contributed by atoms with E-state index in [1.54, 1.807) is 32.9 Å². The van der Waals surface area contributed by atoms with Crippen molar-refractivity contribution in [2.75, 3.05) is 11.9 Å². The van der Waals surface area contributed by atoms with Crippen LogP contribution in [0.5, 0.6) is 5.75 Å². The molecule has 4 rings (SSSR count). The Morgan fingerprint density at radius 2 is 1.78 bits per heavy atom. The maximum Gasteiger partial charge on any atom is 0.411 e. The SMILES string of the molecule is CC(C)(C)OC(=O)N1Cc2cc(OCC(=O)NO)ccc2C[C@H]1C(=O)Nc1cccc2ccccc12. The Labute approximate surface area is 208 Å². The van der Waals surface area contributed by atoms with Crippen LogP contribution in [-0.4, -0.2) is 46.3 Å². The van der Waals surface area contributed by atoms with E-state index < -0.39 is 23.6 Å². The normalized spacial score (nSPS) is 15.1. The van der Waals surface area contributed by atoms with Crippen LogP contribution < -0.4 is 15.5 Å². The lowest BCUT2D eigenvalue weighted by molar-refractivity contribution is -0.131. The van der Waals surface area contributed by atoms with Gasteiger partial charge in [-0.3, -0.25) is 19.7 Å². The molecule has 1 atom stereocenters. The number of fused-ring (bicyclic) bond motifs is 2. The third-order valence-electron chi connectivity index (χ3n) is 5.78. The van der Waals surface area contributed by atoms with Crippen molar-refractivity contribution in [1.82, 2.24) is 10.4 Å². The zero-order chi connectivity index (χ0) is 25.9. The number of hydrogen-bond donors (Lipinski definition) is 3. The number of benzene rings is 3. The second-order valence-electron chi connectivity index (χ2n) is 9.60. The number of hydroxylamine groups is 1. The number of amides is 3. The van der Waals surface area contributed by atoms with Crippen LogP contribution >= 0.6 is 0 Å². The van der Waals surface area contributed by atoms with E-state index in [0.29, 0.717) is 11.4 Å². The van der Waals surface area contributed by atoms with Gasteiger partial charge in [0.05, 0.1) is 6.54 Å². The van der Waals surface area contributed by atoms with E-state index in [0.717, 1.165) is 21.9 Å². The van der Waals surface area contributed by atoms with Crippen LogP contribution in [0.15, 0.2) is 60.7 Å². The average Bonchev–Trinajstić information content (AvgIpc) is 2.85. The number of rotatable bonds is 5. The third-order valence-corrected chi connectivity index (χ3v) is 5.78. The van der Waals surface area contributed by atoms with Crippen LogP contribution in [0, 0.1) is 0 Å². The average molecular weight is 492 g/mol. The Bertz CT molecular complexity index is 1290. The first-order valence-corrected chi connectivity index (χ1v) is 11.6. The largest absolute Gasteiger partial charge is 0.484 e. The fourth-order valence-electron chi connectivity index (χ4n) is 4.13. The van der Waals surface area contributed by atoms with Crippen molar-refractivity contribution in [2.24, 2.45) is 0 Å². The van der Waals surface area contributed by atoms with E-state index in [-0.39, 0.29) is 25.5 Å². The minimum absolute atomic E-state index is 0.126. The lowest BCUT2D eigenvalue weighted by atomic mass is 9.93. The molecule has 0 unspecified atom stereocenters. The number of nitrogens with zero attached hydrogens (tertiary/aromatic N) is 1. The summed E-state index contributed by atoms with van der Waals surface area (Å²) in [4.78, 5) is 39.4. The fraction of sp³-hybridized carbons (Fsp3) is 0.296. The van der Waals surface area contributed by atoms with E-state index in [9.17, 15) is 14.4 Å². The molecule has 0 saturated carbocycles. The Morgan fingerprint density at radius 3 is 2.53 bits per heavy atom. The van der Waals surface area contributed by atoms with Gasteiger partial charge in [0, 0.05) is 17.5 Å². The van der Waals surface area contributed by atoms with Gasteiger partial charge in [-0.1, -0.05) is 42.5 Å². The number of anilines is 1. The second-order valence-corrected chi connectivity index (χ2v) is 9.60. The van der Waals surface area contributed by atoms with Crippen molar-refractivity contribution in [2.45, 2.75) is 45.4 Å². The molecule has 0 spiro atoms. The van der Waals surface area contributed by atoms with Crippen molar-refractivity contribution < 1.29 is 29.1 Å². The van der Waals surface area contributed by atoms with Crippen molar-refractivity contribution in [3.63, 3.8) is 0 Å². The number of carbonyl (C=O) groups excluding carboxylic acids is 3. The molecule has 3 N–H and O–H groups in total. The molecule has 0 aromatic heterocycles. The monoisotopic (exact) mass is 491 g/mol. The smallest absolute Gasteiger partial charge is 0.411 e. The standard InChI is InChI=1S/C27H29N3O6/c1-27(2,3)36-26(33)30-15-19-13-20(35-16-24(31)29-34)12-11-18(19)14-23(30)25(32)28-22-10-6-8-17-7-4-5-9-21(17)22/h4-13,23,34H,14-16H2,1-3H3,(H,28,32)(H,29,31)/t23-/m0/s1. The Balaban J connectivity index is 1.62. The summed E-state index contributed by atoms with van der Waals surface area (Å²) < 4.78 is 11.0. The molecule has 0 aliphatic carbocycles. The van der Waals surface area contributed by atoms with Gasteiger partial charge in [-0.2, -0.15) is 0 Å². The Morgan fingerprint density at radius 1 is 1.03 bits per heavy atom. The molecule has 0 saturated heterocycles. The van der Waals surface area contributed by atoms with Crippen LogP contribution in [0.1, 0.15) is 31.9 Å². The highest BCUT2D eigenvalue weighted by Crippen LogP contribution is 2.30. The highest BCUT2D eigenvalue weighted by molar-refractivity contribution is 6.04. The van der Waals surface area contributed by atoms with Crippen LogP contribution in [0.2, 0.25) is 0 Å². The highest BCUT2D eigenvalue weighted by atomic mass is 16.6. The summed E-state index contributed by atoms with van der Waals surface area (Å²) in [6.07, 6.45) is -0.319. The first kappa shape index (κ1) is 25.0. The van der Waals surface area contributed by atoms with Crippen LogP contribution in [0.4, 0.5) is 10.5 Å². The van der Waals surface area contributed by atoms with Crippen LogP contribution in [-0.2, 0) is 27.3 Å². The first-order valence-electron chi connectivity index (χ1n) is 11.6. The van der Waals surface area contributed by atoms with Crippen LogP contribution in [0.3, 0.4) is 0 Å². The van der Waals surface area contributed by atoms with Gasteiger partial charge in [0.15, 0.2) is 6.61 Å². The molecule has 0 radical (unpaired) electrons. The number of hydrogen-bond acceptors (Lipinski definition) is 6. The molecule has 0 bridgehead atoms. The van der Waals surface area contributed by atoms with Gasteiger partial charge in [0.2, 0.25) is 5.91 Å². The molecule has 36 heavy (non-hydrogen) atoms. The van der Waals surface area contributed by atoms with Gasteiger partial charge in [-0.15, -0.1) is 0 Å². The quantitative estimate of drug-likeness (QED) is 0.367. The molecular formula is C27H29N3O6. The maximum absolute atomic E-state index is 13.5. The van der Waals surface area contributed by atoms with E-state index in [1.165, 1.54) is 10.4 Å². The summed E-state index contributed by atoms with van der Waals surface area (Å²) in [7, 11) is 0. The van der Waals surface area contributed by atoms with E-state index in [4.69, 9.17) is 14.7 Å². The minimum atomic E-state index is -0.793. The van der Waals surface area contributed by atoms with E-state index in [1.807, 2.05) is 48.5 Å².